The maximum atomic E-state index is 11.2. The van der Waals surface area contributed by atoms with Gasteiger partial charge in [0.1, 0.15) is 11.3 Å². The quantitative estimate of drug-likeness (QED) is 0.354. The van der Waals surface area contributed by atoms with Gasteiger partial charge in [-0.15, -0.1) is 0 Å². The molecule has 2 unspecified atom stereocenters. The Morgan fingerprint density at radius 1 is 1.56 bits per heavy atom. The number of halogens is 1. The van der Waals surface area contributed by atoms with Gasteiger partial charge in [-0.05, 0) is 30.7 Å². The van der Waals surface area contributed by atoms with E-state index in [0.717, 1.165) is 17.6 Å². The van der Waals surface area contributed by atoms with Crippen molar-refractivity contribution in [1.29, 1.82) is 0 Å². The molecule has 1 aromatic heterocycles. The highest BCUT2D eigenvalue weighted by molar-refractivity contribution is 6.27. The Bertz CT molecular complexity index is 462. The minimum atomic E-state index is -1.05. The summed E-state index contributed by atoms with van der Waals surface area (Å²) >= 11 is 6.03. The molecule has 0 spiro atoms. The summed E-state index contributed by atoms with van der Waals surface area (Å²) < 4.78 is 0. The molecule has 1 aliphatic rings. The molecule has 0 saturated carbocycles. The summed E-state index contributed by atoms with van der Waals surface area (Å²) in [6, 6.07) is 1.78. The van der Waals surface area contributed by atoms with Gasteiger partial charge in [0.05, 0.1) is 11.1 Å². The molecule has 0 saturated heterocycles. The number of rotatable bonds is 2. The molecule has 1 aromatic rings. The van der Waals surface area contributed by atoms with Crippen molar-refractivity contribution >= 4 is 23.5 Å². The Hall–Kier alpha value is -1.39. The molecule has 0 aliphatic heterocycles. The van der Waals surface area contributed by atoms with E-state index in [1.165, 1.54) is 0 Å². The average molecular weight is 238 g/mol. The summed E-state index contributed by atoms with van der Waals surface area (Å²) in [5.41, 5.74) is 6.57. The largest absolute Gasteiger partial charge is 0.306 e. The molecule has 16 heavy (non-hydrogen) atoms. The highest BCUT2D eigenvalue weighted by Crippen LogP contribution is 2.39. The number of allylic oxidation sites excluding steroid dienone is 2. The van der Waals surface area contributed by atoms with Crippen molar-refractivity contribution in [2.45, 2.75) is 11.9 Å². The maximum Gasteiger partial charge on any atom is 0.134 e. The molecule has 1 aliphatic carbocycles. The minimum absolute atomic E-state index is 0.718. The first-order valence-electron chi connectivity index (χ1n) is 4.84. The lowest BCUT2D eigenvalue weighted by atomic mass is 9.77. The molecule has 4 nitrogen and oxygen atoms in total. The van der Waals surface area contributed by atoms with Gasteiger partial charge < -0.3 is 10.5 Å². The second-order valence-electron chi connectivity index (χ2n) is 4.09. The third-order valence-corrected chi connectivity index (χ3v) is 2.90. The van der Waals surface area contributed by atoms with Crippen molar-refractivity contribution in [2.24, 2.45) is 11.1 Å². The fourth-order valence-corrected chi connectivity index (χ4v) is 1.86. The second-order valence-corrected chi connectivity index (χ2v) is 4.74. The fourth-order valence-electron chi connectivity index (χ4n) is 1.69. The van der Waals surface area contributed by atoms with Gasteiger partial charge in [-0.3, -0.25) is 5.10 Å². The normalized spacial score (nSPS) is 33.6. The lowest BCUT2D eigenvalue weighted by Gasteiger charge is -2.30. The smallest absolute Gasteiger partial charge is 0.134 e. The Labute approximate surface area is 98.2 Å². The van der Waals surface area contributed by atoms with Crippen LogP contribution < -0.4 is 5.73 Å². The fraction of sp³-hybridized carbons (Fsp3) is 0.273. The lowest BCUT2D eigenvalue weighted by molar-refractivity contribution is -0.111. The van der Waals surface area contributed by atoms with Crippen LogP contribution in [0.15, 0.2) is 30.5 Å². The number of alkyl halides is 1. The van der Waals surface area contributed by atoms with Crippen molar-refractivity contribution in [3.8, 4) is 0 Å². The molecule has 5 heteroatoms. The molecule has 2 atom stereocenters. The molecule has 1 heterocycles. The number of hydrogen-bond donors (Lipinski definition) is 2. The topological polar surface area (TPSA) is 71.8 Å². The van der Waals surface area contributed by atoms with Gasteiger partial charge in [-0.2, -0.15) is 5.10 Å². The first-order chi connectivity index (χ1) is 7.47. The van der Waals surface area contributed by atoms with Crippen LogP contribution in [0.3, 0.4) is 0 Å². The minimum Gasteiger partial charge on any atom is -0.306 e. The molecule has 0 aromatic carbocycles. The highest BCUT2D eigenvalue weighted by Gasteiger charge is 2.34. The molecular weight excluding hydrogens is 226 g/mol. The van der Waals surface area contributed by atoms with E-state index in [0.29, 0.717) is 0 Å². The van der Waals surface area contributed by atoms with E-state index >= 15 is 0 Å². The van der Waals surface area contributed by atoms with E-state index in [2.05, 4.69) is 10.2 Å². The third kappa shape index (κ3) is 1.81. The molecule has 2 rings (SSSR count). The summed E-state index contributed by atoms with van der Waals surface area (Å²) in [5, 5.41) is 6.66. The molecule has 3 N–H and O–H groups in total. The third-order valence-electron chi connectivity index (χ3n) is 2.67. The second kappa shape index (κ2) is 3.57. The van der Waals surface area contributed by atoms with Crippen molar-refractivity contribution in [3.05, 3.63) is 36.2 Å². The summed E-state index contributed by atoms with van der Waals surface area (Å²) in [6.45, 7) is 1.80. The summed E-state index contributed by atoms with van der Waals surface area (Å²) in [4.78, 5) is 10.1. The number of aldehydes is 1. The molecule has 0 fully saturated rings. The van der Waals surface area contributed by atoms with Crippen LogP contribution in [0, 0.1) is 5.41 Å². The molecular formula is C11H12ClN3O. The number of H-pyrrole nitrogens is 1. The Morgan fingerprint density at radius 3 is 2.88 bits per heavy atom. The van der Waals surface area contributed by atoms with Gasteiger partial charge in [0, 0.05) is 6.20 Å². The number of aromatic nitrogens is 2. The number of carbonyl (C=O) groups is 1. The predicted molar refractivity (Wildman–Crippen MR) is 62.6 cm³/mol. The van der Waals surface area contributed by atoms with Crippen molar-refractivity contribution in [2.75, 3.05) is 0 Å². The zero-order chi connectivity index (χ0) is 11.8. The van der Waals surface area contributed by atoms with Gasteiger partial charge in [0.25, 0.3) is 0 Å². The molecule has 0 radical (unpaired) electrons. The Morgan fingerprint density at radius 2 is 2.31 bits per heavy atom. The number of carbonyl (C=O) groups excluding carboxylic acids is 1. The van der Waals surface area contributed by atoms with E-state index in [9.17, 15) is 4.79 Å². The van der Waals surface area contributed by atoms with Crippen LogP contribution in [0.25, 0.3) is 5.57 Å². The van der Waals surface area contributed by atoms with Crippen LogP contribution in [-0.4, -0.2) is 21.5 Å². The van der Waals surface area contributed by atoms with E-state index in [1.54, 1.807) is 37.4 Å². The zero-order valence-electron chi connectivity index (χ0n) is 8.77. The van der Waals surface area contributed by atoms with E-state index in [4.69, 9.17) is 17.3 Å². The van der Waals surface area contributed by atoms with Crippen LogP contribution in [0.4, 0.5) is 0 Å². The highest BCUT2D eigenvalue weighted by atomic mass is 35.5. The van der Waals surface area contributed by atoms with Crippen LogP contribution in [0.5, 0.6) is 0 Å². The van der Waals surface area contributed by atoms with Crippen molar-refractivity contribution in [3.63, 3.8) is 0 Å². The average Bonchev–Trinajstić information content (AvgIpc) is 2.75. The molecule has 0 bridgehead atoms. The first-order valence-corrected chi connectivity index (χ1v) is 5.22. The Kier molecular flexibility index (Phi) is 2.48. The molecule has 84 valence electrons. The van der Waals surface area contributed by atoms with Crippen LogP contribution >= 0.6 is 11.6 Å². The summed E-state index contributed by atoms with van der Waals surface area (Å²) in [5.74, 6) is 0. The van der Waals surface area contributed by atoms with Crippen molar-refractivity contribution < 1.29 is 4.79 Å². The van der Waals surface area contributed by atoms with Gasteiger partial charge >= 0.3 is 0 Å². The first kappa shape index (κ1) is 11.1. The monoisotopic (exact) mass is 237 g/mol. The maximum absolute atomic E-state index is 11.2. The van der Waals surface area contributed by atoms with Crippen LogP contribution in [0.2, 0.25) is 0 Å². The number of nitrogens with two attached hydrogens (primary N) is 1. The zero-order valence-corrected chi connectivity index (χ0v) is 9.53. The summed E-state index contributed by atoms with van der Waals surface area (Å²) in [6.07, 6.45) is 7.47. The Balaban J connectivity index is 2.53. The number of nitrogens with zero attached hydrogens (tertiary/aromatic N) is 1. The summed E-state index contributed by atoms with van der Waals surface area (Å²) in [7, 11) is 0. The van der Waals surface area contributed by atoms with Crippen molar-refractivity contribution in [1.82, 2.24) is 10.2 Å². The molecule has 0 amide bonds. The SMILES string of the molecule is CC1(C=O)C=CC(N)(Cl)C=C1c1ccn[nH]1. The lowest BCUT2D eigenvalue weighted by Crippen LogP contribution is -2.34. The van der Waals surface area contributed by atoms with E-state index in [1.807, 2.05) is 0 Å². The standard InChI is InChI=1S/C11H12ClN3O/c1-10(7-16)3-4-11(12,13)6-8(10)9-2-5-14-15-9/h2-7H,13H2,1H3,(H,14,15). The van der Waals surface area contributed by atoms with E-state index < -0.39 is 10.4 Å². The van der Waals surface area contributed by atoms with Gasteiger partial charge in [0.2, 0.25) is 0 Å². The van der Waals surface area contributed by atoms with E-state index in [-0.39, 0.29) is 0 Å². The van der Waals surface area contributed by atoms with Gasteiger partial charge in [0.15, 0.2) is 0 Å². The number of nitrogens with one attached hydrogen (secondary N) is 1. The van der Waals surface area contributed by atoms with Crippen LogP contribution in [-0.2, 0) is 4.79 Å². The number of aromatic amines is 1. The predicted octanol–water partition coefficient (Wildman–Crippen LogP) is 1.46. The number of hydrogen-bond acceptors (Lipinski definition) is 3. The van der Waals surface area contributed by atoms with Crippen LogP contribution in [0.1, 0.15) is 12.6 Å². The van der Waals surface area contributed by atoms with Gasteiger partial charge in [-0.1, -0.05) is 17.7 Å². The van der Waals surface area contributed by atoms with Gasteiger partial charge in [-0.25, -0.2) is 0 Å².